The van der Waals surface area contributed by atoms with Crippen LogP contribution in [0.4, 0.5) is 0 Å². The molecule has 4 amide bonds. The van der Waals surface area contributed by atoms with Crippen LogP contribution in [0.1, 0.15) is 45.1 Å². The van der Waals surface area contributed by atoms with Gasteiger partial charge in [-0.1, -0.05) is 11.3 Å². The normalized spacial score (nSPS) is 17.8. The van der Waals surface area contributed by atoms with Crippen LogP contribution in [-0.4, -0.2) is 64.3 Å². The average Bonchev–Trinajstić information content (AvgIpc) is 3.52. The van der Waals surface area contributed by atoms with Gasteiger partial charge < -0.3 is 10.2 Å². The molecule has 1 fully saturated rings. The van der Waals surface area contributed by atoms with Gasteiger partial charge in [-0.05, 0) is 24.1 Å². The maximum absolute atomic E-state index is 13.0. The number of hydrogen-bond donors (Lipinski definition) is 2. The Morgan fingerprint density at radius 2 is 2.12 bits per heavy atom. The SMILES string of the molecule is Cn1ncnc1CNC(=O)c1cn(-c2ccc3c(c2)C(=O)N(C2CCC(=O)NC2=O)C3)nn1. The van der Waals surface area contributed by atoms with Crippen LogP contribution in [0.25, 0.3) is 5.69 Å². The van der Waals surface area contributed by atoms with Crippen molar-refractivity contribution in [2.45, 2.75) is 32.0 Å². The molecular weight excluding hydrogens is 430 g/mol. The van der Waals surface area contributed by atoms with E-state index in [4.69, 9.17) is 0 Å². The van der Waals surface area contributed by atoms with E-state index in [2.05, 4.69) is 31.0 Å². The van der Waals surface area contributed by atoms with E-state index in [0.29, 0.717) is 23.5 Å². The summed E-state index contributed by atoms with van der Waals surface area (Å²) in [7, 11) is 1.72. The van der Waals surface area contributed by atoms with Crippen LogP contribution in [0.3, 0.4) is 0 Å². The summed E-state index contributed by atoms with van der Waals surface area (Å²) in [5.41, 5.74) is 1.87. The fourth-order valence-electron chi connectivity index (χ4n) is 3.91. The number of benzene rings is 1. The zero-order chi connectivity index (χ0) is 23.1. The Labute approximate surface area is 186 Å². The summed E-state index contributed by atoms with van der Waals surface area (Å²) in [5.74, 6) is -0.909. The van der Waals surface area contributed by atoms with Crippen LogP contribution in [0.5, 0.6) is 0 Å². The van der Waals surface area contributed by atoms with Gasteiger partial charge >= 0.3 is 0 Å². The molecule has 1 aromatic carbocycles. The molecular formula is C20H19N9O4. The molecule has 0 bridgehead atoms. The number of carbonyl (C=O) groups is 4. The van der Waals surface area contributed by atoms with Crippen molar-refractivity contribution in [3.63, 3.8) is 0 Å². The summed E-state index contributed by atoms with van der Waals surface area (Å²) in [4.78, 5) is 54.5. The number of fused-ring (bicyclic) bond motifs is 1. The smallest absolute Gasteiger partial charge is 0.273 e. The van der Waals surface area contributed by atoms with E-state index in [1.807, 2.05) is 0 Å². The highest BCUT2D eigenvalue weighted by Crippen LogP contribution is 2.29. The van der Waals surface area contributed by atoms with Gasteiger partial charge in [0, 0.05) is 25.6 Å². The summed E-state index contributed by atoms with van der Waals surface area (Å²) in [6.45, 7) is 0.472. The number of rotatable bonds is 5. The first kappa shape index (κ1) is 20.5. The quantitative estimate of drug-likeness (QED) is 0.474. The Balaban J connectivity index is 1.30. The first-order chi connectivity index (χ1) is 15.9. The minimum atomic E-state index is -0.679. The van der Waals surface area contributed by atoms with Crippen molar-refractivity contribution in [3.05, 3.63) is 53.4 Å². The molecule has 168 valence electrons. The number of nitrogens with zero attached hydrogens (tertiary/aromatic N) is 7. The predicted molar refractivity (Wildman–Crippen MR) is 110 cm³/mol. The van der Waals surface area contributed by atoms with Crippen LogP contribution in [0.2, 0.25) is 0 Å². The summed E-state index contributed by atoms with van der Waals surface area (Å²) in [5, 5.41) is 16.8. The highest BCUT2D eigenvalue weighted by Gasteiger charge is 2.39. The van der Waals surface area contributed by atoms with Crippen molar-refractivity contribution in [1.29, 1.82) is 0 Å². The van der Waals surface area contributed by atoms with Gasteiger partial charge in [-0.15, -0.1) is 5.10 Å². The maximum Gasteiger partial charge on any atom is 0.273 e. The number of nitrogens with one attached hydrogen (secondary N) is 2. The van der Waals surface area contributed by atoms with Gasteiger partial charge in [0.05, 0.1) is 18.4 Å². The zero-order valence-electron chi connectivity index (χ0n) is 17.6. The number of carbonyl (C=O) groups excluding carboxylic acids is 4. The number of hydrogen-bond acceptors (Lipinski definition) is 8. The molecule has 0 spiro atoms. The third-order valence-electron chi connectivity index (χ3n) is 5.71. The molecule has 2 aliphatic rings. The van der Waals surface area contributed by atoms with Crippen molar-refractivity contribution in [2.75, 3.05) is 0 Å². The highest BCUT2D eigenvalue weighted by molar-refractivity contribution is 6.05. The Bertz CT molecular complexity index is 1290. The van der Waals surface area contributed by atoms with E-state index in [9.17, 15) is 19.2 Å². The second-order valence-corrected chi connectivity index (χ2v) is 7.77. The monoisotopic (exact) mass is 449 g/mol. The molecule has 3 aromatic rings. The Kier molecular flexibility index (Phi) is 4.92. The van der Waals surface area contributed by atoms with Gasteiger partial charge in [0.15, 0.2) is 5.69 Å². The summed E-state index contributed by atoms with van der Waals surface area (Å²) in [6.07, 6.45) is 3.36. The average molecular weight is 449 g/mol. The van der Waals surface area contributed by atoms with Gasteiger partial charge in [-0.2, -0.15) is 5.10 Å². The topological polar surface area (TPSA) is 157 Å². The van der Waals surface area contributed by atoms with E-state index < -0.39 is 17.9 Å². The summed E-state index contributed by atoms with van der Waals surface area (Å²) < 4.78 is 2.95. The number of aryl methyl sites for hydroxylation is 1. The standard InChI is InChI=1S/C20H19N9O4/c1-27-16(22-10-23-27)7-21-18(31)14-9-29(26-25-14)12-3-2-11-8-28(20(33)13(11)6-12)15-4-5-17(30)24-19(15)32/h2-3,6,9-10,15H,4-5,7-8H2,1H3,(H,21,31)(H,24,30,32). The fraction of sp³-hybridized carbons (Fsp3) is 0.300. The molecule has 0 saturated carbocycles. The number of imide groups is 1. The Morgan fingerprint density at radius 1 is 1.27 bits per heavy atom. The molecule has 2 aliphatic heterocycles. The lowest BCUT2D eigenvalue weighted by Crippen LogP contribution is -2.52. The molecule has 13 nitrogen and oxygen atoms in total. The van der Waals surface area contributed by atoms with Gasteiger partial charge in [0.2, 0.25) is 11.8 Å². The molecule has 2 N–H and O–H groups in total. The lowest BCUT2D eigenvalue weighted by molar-refractivity contribution is -0.136. The van der Waals surface area contributed by atoms with Crippen LogP contribution in [0.15, 0.2) is 30.7 Å². The van der Waals surface area contributed by atoms with E-state index in [1.165, 1.54) is 22.1 Å². The van der Waals surface area contributed by atoms with Gasteiger partial charge in [-0.25, -0.2) is 9.67 Å². The fourth-order valence-corrected chi connectivity index (χ4v) is 3.91. The van der Waals surface area contributed by atoms with Crippen LogP contribution < -0.4 is 10.6 Å². The van der Waals surface area contributed by atoms with Gasteiger partial charge in [-0.3, -0.25) is 29.2 Å². The first-order valence-corrected chi connectivity index (χ1v) is 10.2. The van der Waals surface area contributed by atoms with Crippen LogP contribution in [0, 0.1) is 0 Å². The molecule has 4 heterocycles. The third-order valence-corrected chi connectivity index (χ3v) is 5.71. The molecule has 1 atom stereocenters. The third kappa shape index (κ3) is 3.73. The maximum atomic E-state index is 13.0. The molecule has 2 aromatic heterocycles. The van der Waals surface area contributed by atoms with Crippen molar-refractivity contribution in [2.24, 2.45) is 7.05 Å². The minimum absolute atomic E-state index is 0.106. The van der Waals surface area contributed by atoms with Crippen molar-refractivity contribution >= 4 is 23.6 Å². The zero-order valence-corrected chi connectivity index (χ0v) is 17.6. The predicted octanol–water partition coefficient (Wildman–Crippen LogP) is -0.913. The van der Waals surface area contributed by atoms with Crippen molar-refractivity contribution in [3.8, 4) is 5.69 Å². The Morgan fingerprint density at radius 3 is 2.88 bits per heavy atom. The lowest BCUT2D eigenvalue weighted by Gasteiger charge is -2.29. The molecule has 5 rings (SSSR count). The second kappa shape index (κ2) is 7.93. The van der Waals surface area contributed by atoms with E-state index in [1.54, 1.807) is 29.9 Å². The molecule has 0 radical (unpaired) electrons. The van der Waals surface area contributed by atoms with E-state index >= 15 is 0 Å². The molecule has 33 heavy (non-hydrogen) atoms. The molecule has 13 heteroatoms. The summed E-state index contributed by atoms with van der Waals surface area (Å²) in [6, 6.07) is 4.51. The minimum Gasteiger partial charge on any atom is -0.343 e. The molecule has 1 unspecified atom stereocenters. The van der Waals surface area contributed by atoms with Gasteiger partial charge in [0.1, 0.15) is 18.2 Å². The first-order valence-electron chi connectivity index (χ1n) is 10.2. The number of amides is 4. The van der Waals surface area contributed by atoms with Crippen LogP contribution in [-0.2, 0) is 29.7 Å². The number of piperidine rings is 1. The second-order valence-electron chi connectivity index (χ2n) is 7.77. The van der Waals surface area contributed by atoms with Crippen LogP contribution >= 0.6 is 0 Å². The van der Waals surface area contributed by atoms with Gasteiger partial charge in [0.25, 0.3) is 11.8 Å². The largest absolute Gasteiger partial charge is 0.343 e. The molecule has 1 saturated heterocycles. The highest BCUT2D eigenvalue weighted by atomic mass is 16.2. The molecule has 0 aliphatic carbocycles. The summed E-state index contributed by atoms with van der Waals surface area (Å²) >= 11 is 0. The Hall–Kier alpha value is -4.42. The van der Waals surface area contributed by atoms with Crippen molar-refractivity contribution in [1.82, 2.24) is 45.3 Å². The van der Waals surface area contributed by atoms with E-state index in [0.717, 1.165) is 5.56 Å². The van der Waals surface area contributed by atoms with Crippen molar-refractivity contribution < 1.29 is 19.2 Å². The lowest BCUT2D eigenvalue weighted by atomic mass is 10.0. The van der Waals surface area contributed by atoms with E-state index in [-0.39, 0.29) is 37.0 Å². The number of aromatic nitrogens is 6.